The Labute approximate surface area is 125 Å². The SMILES string of the molecule is CCCc1nc(Cl)cc(Nc2ccc(C(C)C)cc2)n1. The fraction of sp³-hybridized carbons (Fsp3) is 0.375. The summed E-state index contributed by atoms with van der Waals surface area (Å²) in [7, 11) is 0. The Morgan fingerprint density at radius 1 is 1.15 bits per heavy atom. The van der Waals surface area contributed by atoms with E-state index in [1.807, 2.05) is 0 Å². The summed E-state index contributed by atoms with van der Waals surface area (Å²) in [6.45, 7) is 6.47. The number of hydrogen-bond donors (Lipinski definition) is 1. The summed E-state index contributed by atoms with van der Waals surface area (Å²) in [5.74, 6) is 2.06. The van der Waals surface area contributed by atoms with Gasteiger partial charge in [0.15, 0.2) is 0 Å². The molecule has 0 amide bonds. The van der Waals surface area contributed by atoms with Gasteiger partial charge in [-0.3, -0.25) is 0 Å². The van der Waals surface area contributed by atoms with Crippen molar-refractivity contribution in [3.63, 3.8) is 0 Å². The molecule has 0 unspecified atom stereocenters. The molecule has 0 saturated heterocycles. The van der Waals surface area contributed by atoms with Crippen molar-refractivity contribution in [1.29, 1.82) is 0 Å². The third kappa shape index (κ3) is 3.94. The predicted octanol–water partition coefficient (Wildman–Crippen LogP) is 4.95. The normalized spacial score (nSPS) is 10.8. The van der Waals surface area contributed by atoms with Crippen molar-refractivity contribution < 1.29 is 0 Å². The van der Waals surface area contributed by atoms with Crippen LogP contribution in [-0.4, -0.2) is 9.97 Å². The van der Waals surface area contributed by atoms with Crippen molar-refractivity contribution in [3.05, 3.63) is 46.9 Å². The predicted molar refractivity (Wildman–Crippen MR) is 84.9 cm³/mol. The van der Waals surface area contributed by atoms with Crippen LogP contribution in [0.3, 0.4) is 0 Å². The van der Waals surface area contributed by atoms with Gasteiger partial charge in [0.05, 0.1) is 0 Å². The van der Waals surface area contributed by atoms with E-state index < -0.39 is 0 Å². The molecule has 0 aliphatic carbocycles. The molecular weight excluding hydrogens is 270 g/mol. The first-order valence-electron chi connectivity index (χ1n) is 6.99. The van der Waals surface area contributed by atoms with Gasteiger partial charge in [0.1, 0.15) is 16.8 Å². The number of aryl methyl sites for hydroxylation is 1. The van der Waals surface area contributed by atoms with Crippen LogP contribution >= 0.6 is 11.6 Å². The van der Waals surface area contributed by atoms with Crippen molar-refractivity contribution in [3.8, 4) is 0 Å². The number of hydrogen-bond acceptors (Lipinski definition) is 3. The highest BCUT2D eigenvalue weighted by Crippen LogP contribution is 2.21. The van der Waals surface area contributed by atoms with Gasteiger partial charge in [-0.25, -0.2) is 9.97 Å². The number of aromatic nitrogens is 2. The number of halogens is 1. The summed E-state index contributed by atoms with van der Waals surface area (Å²) in [6, 6.07) is 10.1. The van der Waals surface area contributed by atoms with Crippen LogP contribution in [0.2, 0.25) is 5.15 Å². The van der Waals surface area contributed by atoms with Gasteiger partial charge < -0.3 is 5.32 Å². The number of rotatable bonds is 5. The van der Waals surface area contributed by atoms with Gasteiger partial charge in [0.2, 0.25) is 0 Å². The smallest absolute Gasteiger partial charge is 0.135 e. The first-order chi connectivity index (χ1) is 9.58. The lowest BCUT2D eigenvalue weighted by atomic mass is 10.0. The third-order valence-electron chi connectivity index (χ3n) is 3.06. The van der Waals surface area contributed by atoms with E-state index in [1.165, 1.54) is 5.56 Å². The van der Waals surface area contributed by atoms with E-state index in [4.69, 9.17) is 11.6 Å². The molecule has 3 nitrogen and oxygen atoms in total. The lowest BCUT2D eigenvalue weighted by Crippen LogP contribution is -2.00. The molecular formula is C16H20ClN3. The van der Waals surface area contributed by atoms with Crippen LogP contribution in [-0.2, 0) is 6.42 Å². The van der Waals surface area contributed by atoms with Gasteiger partial charge in [-0.15, -0.1) is 0 Å². The zero-order valence-electron chi connectivity index (χ0n) is 12.2. The molecule has 0 spiro atoms. The van der Waals surface area contributed by atoms with Gasteiger partial charge in [0, 0.05) is 18.2 Å². The fourth-order valence-electron chi connectivity index (χ4n) is 1.96. The Kier molecular flexibility index (Phi) is 4.96. The average molecular weight is 290 g/mol. The van der Waals surface area contributed by atoms with E-state index in [1.54, 1.807) is 6.07 Å². The molecule has 0 aliphatic rings. The third-order valence-corrected chi connectivity index (χ3v) is 3.26. The van der Waals surface area contributed by atoms with Crippen LogP contribution in [0, 0.1) is 0 Å². The molecule has 0 aliphatic heterocycles. The Bertz CT molecular complexity index is 564. The molecule has 1 heterocycles. The van der Waals surface area contributed by atoms with Crippen LogP contribution in [0.4, 0.5) is 11.5 Å². The van der Waals surface area contributed by atoms with E-state index in [0.717, 1.165) is 30.2 Å². The maximum absolute atomic E-state index is 6.03. The minimum absolute atomic E-state index is 0.477. The second-order valence-corrected chi connectivity index (χ2v) is 5.53. The van der Waals surface area contributed by atoms with Gasteiger partial charge in [-0.05, 0) is 30.0 Å². The molecule has 2 aromatic rings. The second-order valence-electron chi connectivity index (χ2n) is 5.14. The van der Waals surface area contributed by atoms with Gasteiger partial charge in [-0.2, -0.15) is 0 Å². The van der Waals surface area contributed by atoms with Crippen molar-refractivity contribution >= 4 is 23.1 Å². The minimum Gasteiger partial charge on any atom is -0.340 e. The maximum Gasteiger partial charge on any atom is 0.135 e. The van der Waals surface area contributed by atoms with Crippen molar-refractivity contribution in [2.45, 2.75) is 39.5 Å². The largest absolute Gasteiger partial charge is 0.340 e. The number of nitrogens with one attached hydrogen (secondary N) is 1. The van der Waals surface area contributed by atoms with E-state index >= 15 is 0 Å². The molecule has 0 bridgehead atoms. The maximum atomic E-state index is 6.03. The molecule has 0 fully saturated rings. The topological polar surface area (TPSA) is 37.8 Å². The van der Waals surface area contributed by atoms with Crippen molar-refractivity contribution in [2.75, 3.05) is 5.32 Å². The van der Waals surface area contributed by atoms with Gasteiger partial charge in [0.25, 0.3) is 0 Å². The highest BCUT2D eigenvalue weighted by molar-refractivity contribution is 6.29. The number of anilines is 2. The van der Waals surface area contributed by atoms with Crippen LogP contribution in [0.5, 0.6) is 0 Å². The zero-order valence-corrected chi connectivity index (χ0v) is 12.9. The summed E-state index contributed by atoms with van der Waals surface area (Å²) in [6.07, 6.45) is 1.84. The van der Waals surface area contributed by atoms with Crippen LogP contribution in [0.1, 0.15) is 44.5 Å². The first-order valence-corrected chi connectivity index (χ1v) is 7.36. The summed E-state index contributed by atoms with van der Waals surface area (Å²) in [5, 5.41) is 3.75. The minimum atomic E-state index is 0.477. The lowest BCUT2D eigenvalue weighted by molar-refractivity contribution is 0.837. The second kappa shape index (κ2) is 6.71. The van der Waals surface area contributed by atoms with Crippen LogP contribution < -0.4 is 5.32 Å². The molecule has 106 valence electrons. The van der Waals surface area contributed by atoms with E-state index in [0.29, 0.717) is 11.1 Å². The van der Waals surface area contributed by atoms with E-state index in [9.17, 15) is 0 Å². The van der Waals surface area contributed by atoms with Crippen LogP contribution in [0.15, 0.2) is 30.3 Å². The van der Waals surface area contributed by atoms with Crippen LogP contribution in [0.25, 0.3) is 0 Å². The fourth-order valence-corrected chi connectivity index (χ4v) is 2.16. The number of benzene rings is 1. The quantitative estimate of drug-likeness (QED) is 0.791. The molecule has 1 N–H and O–H groups in total. The Hall–Kier alpha value is -1.61. The Morgan fingerprint density at radius 3 is 2.45 bits per heavy atom. The Morgan fingerprint density at radius 2 is 1.85 bits per heavy atom. The Balaban J connectivity index is 2.16. The van der Waals surface area contributed by atoms with E-state index in [2.05, 4.69) is 60.3 Å². The monoisotopic (exact) mass is 289 g/mol. The highest BCUT2D eigenvalue weighted by Gasteiger charge is 2.04. The molecule has 0 atom stereocenters. The van der Waals surface area contributed by atoms with Gasteiger partial charge in [-0.1, -0.05) is 44.5 Å². The van der Waals surface area contributed by atoms with E-state index in [-0.39, 0.29) is 0 Å². The first kappa shape index (κ1) is 14.8. The van der Waals surface area contributed by atoms with Crippen molar-refractivity contribution in [1.82, 2.24) is 9.97 Å². The standard InChI is InChI=1S/C16H20ClN3/c1-4-5-15-19-14(17)10-16(20-15)18-13-8-6-12(7-9-13)11(2)3/h6-11H,4-5H2,1-3H3,(H,18,19,20). The summed E-state index contributed by atoms with van der Waals surface area (Å²) in [5.41, 5.74) is 2.33. The molecule has 0 radical (unpaired) electrons. The molecule has 1 aromatic heterocycles. The molecule has 4 heteroatoms. The molecule has 20 heavy (non-hydrogen) atoms. The summed E-state index contributed by atoms with van der Waals surface area (Å²) in [4.78, 5) is 8.69. The molecule has 2 rings (SSSR count). The average Bonchev–Trinajstić information content (AvgIpc) is 2.39. The molecule has 0 saturated carbocycles. The lowest BCUT2D eigenvalue weighted by Gasteiger charge is -2.10. The van der Waals surface area contributed by atoms with Gasteiger partial charge >= 0.3 is 0 Å². The van der Waals surface area contributed by atoms with Crippen molar-refractivity contribution in [2.24, 2.45) is 0 Å². The summed E-state index contributed by atoms with van der Waals surface area (Å²) < 4.78 is 0. The highest BCUT2D eigenvalue weighted by atomic mass is 35.5. The summed E-state index contributed by atoms with van der Waals surface area (Å²) >= 11 is 6.03. The number of nitrogens with zero attached hydrogens (tertiary/aromatic N) is 2. The zero-order chi connectivity index (χ0) is 14.5. The molecule has 1 aromatic carbocycles.